The molecule has 1 rings (SSSR count). The third-order valence-electron chi connectivity index (χ3n) is 1.75. The van der Waals surface area contributed by atoms with E-state index in [4.69, 9.17) is 10.5 Å². The average Bonchev–Trinajstić information content (AvgIpc) is 2.20. The van der Waals surface area contributed by atoms with Crippen molar-refractivity contribution < 1.29 is 4.74 Å². The SMILES string of the molecule is C=C(C)COCCNc1ncc(N)cc1Br. The summed E-state index contributed by atoms with van der Waals surface area (Å²) in [6.45, 7) is 7.60. The van der Waals surface area contributed by atoms with E-state index >= 15 is 0 Å². The molecule has 0 aromatic carbocycles. The van der Waals surface area contributed by atoms with Crippen molar-refractivity contribution in [3.05, 3.63) is 28.9 Å². The van der Waals surface area contributed by atoms with Gasteiger partial charge >= 0.3 is 0 Å². The highest BCUT2D eigenvalue weighted by atomic mass is 79.9. The number of ether oxygens (including phenoxy) is 1. The highest BCUT2D eigenvalue weighted by Crippen LogP contribution is 2.21. The van der Waals surface area contributed by atoms with E-state index < -0.39 is 0 Å². The van der Waals surface area contributed by atoms with Crippen molar-refractivity contribution in [2.75, 3.05) is 30.8 Å². The van der Waals surface area contributed by atoms with E-state index in [0.717, 1.165) is 15.9 Å². The van der Waals surface area contributed by atoms with E-state index in [9.17, 15) is 0 Å². The maximum atomic E-state index is 5.58. The highest BCUT2D eigenvalue weighted by molar-refractivity contribution is 9.10. The molecule has 0 aliphatic rings. The van der Waals surface area contributed by atoms with Gasteiger partial charge in [0.05, 0.1) is 29.6 Å². The minimum atomic E-state index is 0.595. The molecule has 0 atom stereocenters. The van der Waals surface area contributed by atoms with Crippen molar-refractivity contribution in [3.8, 4) is 0 Å². The third-order valence-corrected chi connectivity index (χ3v) is 2.35. The van der Waals surface area contributed by atoms with Crippen molar-refractivity contribution in [2.24, 2.45) is 0 Å². The summed E-state index contributed by atoms with van der Waals surface area (Å²) in [5.41, 5.74) is 7.24. The van der Waals surface area contributed by atoms with E-state index in [1.54, 1.807) is 6.20 Å². The van der Waals surface area contributed by atoms with E-state index in [0.29, 0.717) is 25.4 Å². The van der Waals surface area contributed by atoms with Crippen LogP contribution in [-0.4, -0.2) is 24.7 Å². The molecule has 0 aliphatic heterocycles. The third kappa shape index (κ3) is 4.63. The fourth-order valence-corrected chi connectivity index (χ4v) is 1.58. The molecule has 0 saturated heterocycles. The Morgan fingerprint density at radius 3 is 3.06 bits per heavy atom. The van der Waals surface area contributed by atoms with E-state index in [-0.39, 0.29) is 0 Å². The summed E-state index contributed by atoms with van der Waals surface area (Å²) in [5.74, 6) is 0.771. The molecular formula is C11H16BrN3O. The standard InChI is InChI=1S/C11H16BrN3O/c1-8(2)7-16-4-3-14-11-10(12)5-9(13)6-15-11/h5-6H,1,3-4,7,13H2,2H3,(H,14,15). The Morgan fingerprint density at radius 2 is 2.44 bits per heavy atom. The molecule has 1 heterocycles. The highest BCUT2D eigenvalue weighted by Gasteiger charge is 2.00. The minimum Gasteiger partial charge on any atom is -0.397 e. The quantitative estimate of drug-likeness (QED) is 0.623. The monoisotopic (exact) mass is 285 g/mol. The zero-order chi connectivity index (χ0) is 12.0. The summed E-state index contributed by atoms with van der Waals surface area (Å²) in [5, 5.41) is 3.15. The van der Waals surface area contributed by atoms with Gasteiger partial charge in [-0.05, 0) is 28.9 Å². The number of hydrogen-bond acceptors (Lipinski definition) is 4. The Hall–Kier alpha value is -1.07. The minimum absolute atomic E-state index is 0.595. The lowest BCUT2D eigenvalue weighted by Crippen LogP contribution is -2.11. The Labute approximate surface area is 104 Å². The van der Waals surface area contributed by atoms with Crippen LogP contribution < -0.4 is 11.1 Å². The molecule has 3 N–H and O–H groups in total. The summed E-state index contributed by atoms with van der Waals surface area (Å²) in [7, 11) is 0. The van der Waals surface area contributed by atoms with Crippen molar-refractivity contribution in [3.63, 3.8) is 0 Å². The van der Waals surface area contributed by atoms with E-state index in [1.807, 2.05) is 13.0 Å². The van der Waals surface area contributed by atoms with Gasteiger partial charge in [0.15, 0.2) is 0 Å². The van der Waals surface area contributed by atoms with Crippen LogP contribution in [0.4, 0.5) is 11.5 Å². The summed E-state index contributed by atoms with van der Waals surface area (Å²) in [4.78, 5) is 4.15. The maximum Gasteiger partial charge on any atom is 0.140 e. The predicted octanol–water partition coefficient (Wildman–Crippen LogP) is 2.43. The van der Waals surface area contributed by atoms with Crippen LogP contribution in [0.1, 0.15) is 6.92 Å². The number of hydrogen-bond donors (Lipinski definition) is 2. The first-order valence-electron chi connectivity index (χ1n) is 4.96. The average molecular weight is 286 g/mol. The van der Waals surface area contributed by atoms with Gasteiger partial charge in [0, 0.05) is 6.54 Å². The molecule has 5 heteroatoms. The van der Waals surface area contributed by atoms with Crippen LogP contribution >= 0.6 is 15.9 Å². The fourth-order valence-electron chi connectivity index (χ4n) is 1.07. The summed E-state index contributed by atoms with van der Waals surface area (Å²) >= 11 is 3.38. The molecule has 0 amide bonds. The van der Waals surface area contributed by atoms with Crippen molar-refractivity contribution >= 4 is 27.4 Å². The van der Waals surface area contributed by atoms with Crippen LogP contribution in [-0.2, 0) is 4.74 Å². The molecule has 0 bridgehead atoms. The van der Waals surface area contributed by atoms with Gasteiger partial charge in [0.1, 0.15) is 5.82 Å². The van der Waals surface area contributed by atoms with Gasteiger partial charge < -0.3 is 15.8 Å². The number of pyridine rings is 1. The summed E-state index contributed by atoms with van der Waals surface area (Å²) in [6, 6.07) is 1.81. The van der Waals surface area contributed by atoms with Gasteiger partial charge in [0.2, 0.25) is 0 Å². The first kappa shape index (κ1) is 13.0. The largest absolute Gasteiger partial charge is 0.397 e. The Balaban J connectivity index is 2.29. The number of nitrogen functional groups attached to an aromatic ring is 1. The molecule has 4 nitrogen and oxygen atoms in total. The predicted molar refractivity (Wildman–Crippen MR) is 70.5 cm³/mol. The Bertz CT molecular complexity index is 368. The van der Waals surface area contributed by atoms with Gasteiger partial charge in [-0.25, -0.2) is 4.98 Å². The van der Waals surface area contributed by atoms with Gasteiger partial charge in [0.25, 0.3) is 0 Å². The zero-order valence-corrected chi connectivity index (χ0v) is 10.9. The van der Waals surface area contributed by atoms with Crippen LogP contribution in [0, 0.1) is 0 Å². The lowest BCUT2D eigenvalue weighted by molar-refractivity contribution is 0.167. The molecule has 16 heavy (non-hydrogen) atoms. The number of nitrogens with two attached hydrogens (primary N) is 1. The molecular weight excluding hydrogens is 270 g/mol. The molecule has 1 aromatic rings. The van der Waals surface area contributed by atoms with Gasteiger partial charge in [-0.15, -0.1) is 0 Å². The van der Waals surface area contributed by atoms with E-state index in [2.05, 4.69) is 32.8 Å². The van der Waals surface area contributed by atoms with Crippen molar-refractivity contribution in [1.29, 1.82) is 0 Å². The second kappa shape index (κ2) is 6.50. The smallest absolute Gasteiger partial charge is 0.140 e. The van der Waals surface area contributed by atoms with Gasteiger partial charge in [-0.3, -0.25) is 0 Å². The number of halogens is 1. The van der Waals surface area contributed by atoms with Crippen LogP contribution in [0.5, 0.6) is 0 Å². The number of anilines is 2. The lowest BCUT2D eigenvalue weighted by atomic mass is 10.4. The van der Waals surface area contributed by atoms with Crippen LogP contribution in [0.3, 0.4) is 0 Å². The molecule has 0 fully saturated rings. The summed E-state index contributed by atoms with van der Waals surface area (Å²) in [6.07, 6.45) is 1.61. The van der Waals surface area contributed by atoms with Gasteiger partial charge in [-0.1, -0.05) is 12.2 Å². The molecule has 0 aliphatic carbocycles. The van der Waals surface area contributed by atoms with Crippen molar-refractivity contribution in [2.45, 2.75) is 6.92 Å². The van der Waals surface area contributed by atoms with Crippen LogP contribution in [0.25, 0.3) is 0 Å². The fraction of sp³-hybridized carbons (Fsp3) is 0.364. The van der Waals surface area contributed by atoms with Crippen LogP contribution in [0.15, 0.2) is 28.9 Å². The molecule has 0 unspecified atom stereocenters. The molecule has 0 saturated carbocycles. The van der Waals surface area contributed by atoms with E-state index in [1.165, 1.54) is 0 Å². The number of nitrogens with one attached hydrogen (secondary N) is 1. The molecule has 0 spiro atoms. The number of aromatic nitrogens is 1. The Morgan fingerprint density at radius 1 is 1.69 bits per heavy atom. The Kier molecular flexibility index (Phi) is 5.28. The first-order chi connectivity index (χ1) is 7.59. The summed E-state index contributed by atoms with van der Waals surface area (Å²) < 4.78 is 6.20. The first-order valence-corrected chi connectivity index (χ1v) is 5.76. The van der Waals surface area contributed by atoms with Gasteiger partial charge in [-0.2, -0.15) is 0 Å². The van der Waals surface area contributed by atoms with Crippen LogP contribution in [0.2, 0.25) is 0 Å². The second-order valence-electron chi connectivity index (χ2n) is 3.54. The topological polar surface area (TPSA) is 60.2 Å². The molecule has 88 valence electrons. The number of rotatable bonds is 6. The van der Waals surface area contributed by atoms with Crippen molar-refractivity contribution in [1.82, 2.24) is 4.98 Å². The zero-order valence-electron chi connectivity index (χ0n) is 9.29. The molecule has 1 aromatic heterocycles. The lowest BCUT2D eigenvalue weighted by Gasteiger charge is -2.08. The number of nitrogens with zero attached hydrogens (tertiary/aromatic N) is 1. The molecule has 0 radical (unpaired) electrons. The second-order valence-corrected chi connectivity index (χ2v) is 4.39. The normalized spacial score (nSPS) is 10.1. The maximum absolute atomic E-state index is 5.58.